The van der Waals surface area contributed by atoms with E-state index in [1.807, 2.05) is 45.2 Å². The predicted octanol–water partition coefficient (Wildman–Crippen LogP) is 3.90. The molecule has 0 amide bonds. The molecule has 3 rings (SSSR count). The molecule has 1 aromatic carbocycles. The summed E-state index contributed by atoms with van der Waals surface area (Å²) < 4.78 is 11.5. The number of ether oxygens (including phenoxy) is 2. The Labute approximate surface area is 166 Å². The third kappa shape index (κ3) is 5.04. The van der Waals surface area contributed by atoms with Gasteiger partial charge in [0, 0.05) is 30.6 Å². The van der Waals surface area contributed by atoms with E-state index in [1.165, 1.54) is 19.3 Å². The molecular weight excluding hydrogens is 356 g/mol. The third-order valence-corrected chi connectivity index (χ3v) is 5.18. The van der Waals surface area contributed by atoms with Gasteiger partial charge in [-0.25, -0.2) is 4.98 Å². The number of aromatic nitrogens is 2. The maximum absolute atomic E-state index is 10.5. The Morgan fingerprint density at radius 3 is 2.64 bits per heavy atom. The summed E-state index contributed by atoms with van der Waals surface area (Å²) in [6.45, 7) is 3.81. The third-order valence-electron chi connectivity index (χ3n) is 5.18. The SMILES string of the molecule is CNc1cc(C)nc(Nc2ccc(OC)c(O[C@@H](C)[C@@H](O)CC3CCC3)c2)n1. The zero-order valence-corrected chi connectivity index (χ0v) is 17.0. The Morgan fingerprint density at radius 2 is 2.00 bits per heavy atom. The van der Waals surface area contributed by atoms with Crippen LogP contribution in [0.2, 0.25) is 0 Å². The van der Waals surface area contributed by atoms with Gasteiger partial charge < -0.3 is 25.2 Å². The van der Waals surface area contributed by atoms with Crippen LogP contribution in [0.3, 0.4) is 0 Å². The van der Waals surface area contributed by atoms with E-state index in [4.69, 9.17) is 9.47 Å². The van der Waals surface area contributed by atoms with Crippen molar-refractivity contribution in [2.75, 3.05) is 24.8 Å². The molecule has 1 aliphatic carbocycles. The zero-order valence-electron chi connectivity index (χ0n) is 17.0. The van der Waals surface area contributed by atoms with Crippen LogP contribution in [0.4, 0.5) is 17.5 Å². The van der Waals surface area contributed by atoms with Crippen molar-refractivity contribution >= 4 is 17.5 Å². The molecule has 7 heteroatoms. The van der Waals surface area contributed by atoms with E-state index in [0.29, 0.717) is 23.4 Å². The molecule has 0 saturated heterocycles. The highest BCUT2D eigenvalue weighted by Gasteiger charge is 2.25. The molecule has 0 aliphatic heterocycles. The summed E-state index contributed by atoms with van der Waals surface area (Å²) in [6.07, 6.45) is 3.64. The first-order valence-corrected chi connectivity index (χ1v) is 9.81. The average molecular weight is 386 g/mol. The molecule has 1 aromatic heterocycles. The molecule has 2 atom stereocenters. The Bertz CT molecular complexity index is 795. The Kier molecular flexibility index (Phi) is 6.57. The lowest BCUT2D eigenvalue weighted by molar-refractivity contribution is 0.0200. The number of anilines is 3. The van der Waals surface area contributed by atoms with E-state index in [1.54, 1.807) is 7.11 Å². The van der Waals surface area contributed by atoms with Crippen molar-refractivity contribution in [3.05, 3.63) is 30.0 Å². The predicted molar refractivity (Wildman–Crippen MR) is 111 cm³/mol. The second-order valence-electron chi connectivity index (χ2n) is 7.38. The fourth-order valence-corrected chi connectivity index (χ4v) is 3.27. The van der Waals surface area contributed by atoms with Crippen molar-refractivity contribution in [2.24, 2.45) is 5.92 Å². The second kappa shape index (κ2) is 9.10. The highest BCUT2D eigenvalue weighted by molar-refractivity contribution is 5.60. The monoisotopic (exact) mass is 386 g/mol. The first kappa shape index (κ1) is 20.2. The molecule has 1 heterocycles. The number of methoxy groups -OCH3 is 1. The molecule has 0 radical (unpaired) electrons. The minimum absolute atomic E-state index is 0.323. The minimum atomic E-state index is -0.495. The smallest absolute Gasteiger partial charge is 0.229 e. The van der Waals surface area contributed by atoms with Crippen molar-refractivity contribution < 1.29 is 14.6 Å². The quantitative estimate of drug-likeness (QED) is 0.602. The van der Waals surface area contributed by atoms with Crippen LogP contribution in [0.5, 0.6) is 11.5 Å². The van der Waals surface area contributed by atoms with Crippen LogP contribution in [-0.4, -0.2) is 41.4 Å². The summed E-state index contributed by atoms with van der Waals surface area (Å²) in [5, 5.41) is 16.7. The molecular formula is C21H30N4O3. The summed E-state index contributed by atoms with van der Waals surface area (Å²) in [5.41, 5.74) is 1.64. The van der Waals surface area contributed by atoms with Gasteiger partial charge in [-0.15, -0.1) is 0 Å². The molecule has 0 spiro atoms. The van der Waals surface area contributed by atoms with Crippen molar-refractivity contribution in [1.82, 2.24) is 9.97 Å². The first-order valence-electron chi connectivity index (χ1n) is 9.81. The number of aryl methyl sites for hydroxylation is 1. The van der Waals surface area contributed by atoms with Gasteiger partial charge in [0.05, 0.1) is 13.2 Å². The zero-order chi connectivity index (χ0) is 20.1. The standard InChI is InChI=1S/C21H30N4O3/c1-13-10-20(22-3)25-21(23-13)24-16-8-9-18(27-4)19(12-16)28-14(2)17(26)11-15-6-5-7-15/h8-10,12,14-15,17,26H,5-7,11H2,1-4H3,(H2,22,23,24,25)/t14-,17-/m0/s1. The fourth-order valence-electron chi connectivity index (χ4n) is 3.27. The maximum Gasteiger partial charge on any atom is 0.229 e. The normalized spacial score (nSPS) is 16.0. The van der Waals surface area contributed by atoms with Gasteiger partial charge in [-0.05, 0) is 38.3 Å². The summed E-state index contributed by atoms with van der Waals surface area (Å²) in [5.74, 6) is 3.06. The number of nitrogens with zero attached hydrogens (tertiary/aromatic N) is 2. The van der Waals surface area contributed by atoms with Crippen LogP contribution in [-0.2, 0) is 0 Å². The maximum atomic E-state index is 10.5. The Morgan fingerprint density at radius 1 is 1.21 bits per heavy atom. The average Bonchev–Trinajstić information content (AvgIpc) is 2.64. The number of hydrogen-bond acceptors (Lipinski definition) is 7. The number of rotatable bonds is 9. The van der Waals surface area contributed by atoms with E-state index in [2.05, 4.69) is 20.6 Å². The molecule has 0 unspecified atom stereocenters. The number of benzene rings is 1. The molecule has 1 aliphatic rings. The molecule has 1 fully saturated rings. The summed E-state index contributed by atoms with van der Waals surface area (Å²) >= 11 is 0. The van der Waals surface area contributed by atoms with Crippen LogP contribution in [0.15, 0.2) is 24.3 Å². The van der Waals surface area contributed by atoms with Crippen molar-refractivity contribution in [1.29, 1.82) is 0 Å². The molecule has 7 nitrogen and oxygen atoms in total. The van der Waals surface area contributed by atoms with Gasteiger partial charge in [-0.2, -0.15) is 4.98 Å². The lowest BCUT2D eigenvalue weighted by Gasteiger charge is -2.30. The van der Waals surface area contributed by atoms with E-state index in [0.717, 1.165) is 23.6 Å². The van der Waals surface area contributed by atoms with Crippen LogP contribution < -0.4 is 20.1 Å². The lowest BCUT2D eigenvalue weighted by atomic mass is 9.81. The summed E-state index contributed by atoms with van der Waals surface area (Å²) in [4.78, 5) is 8.82. The van der Waals surface area contributed by atoms with E-state index in [-0.39, 0.29) is 6.10 Å². The lowest BCUT2D eigenvalue weighted by Crippen LogP contribution is -2.32. The highest BCUT2D eigenvalue weighted by atomic mass is 16.5. The first-order chi connectivity index (χ1) is 13.5. The van der Waals surface area contributed by atoms with Gasteiger partial charge in [0.25, 0.3) is 0 Å². The topological polar surface area (TPSA) is 88.5 Å². The van der Waals surface area contributed by atoms with E-state index >= 15 is 0 Å². The summed E-state index contributed by atoms with van der Waals surface area (Å²) in [6, 6.07) is 7.43. The molecule has 2 aromatic rings. The second-order valence-corrected chi connectivity index (χ2v) is 7.38. The molecule has 28 heavy (non-hydrogen) atoms. The number of hydrogen-bond donors (Lipinski definition) is 3. The molecule has 152 valence electrons. The summed E-state index contributed by atoms with van der Waals surface area (Å²) in [7, 11) is 3.43. The van der Waals surface area contributed by atoms with Gasteiger partial charge in [0.2, 0.25) is 5.95 Å². The van der Waals surface area contributed by atoms with Crippen LogP contribution in [0.25, 0.3) is 0 Å². The van der Waals surface area contributed by atoms with Crippen LogP contribution >= 0.6 is 0 Å². The van der Waals surface area contributed by atoms with Gasteiger partial charge in [-0.1, -0.05) is 19.3 Å². The fraction of sp³-hybridized carbons (Fsp3) is 0.524. The van der Waals surface area contributed by atoms with Gasteiger partial charge >= 0.3 is 0 Å². The Hall–Kier alpha value is -2.54. The van der Waals surface area contributed by atoms with Crippen molar-refractivity contribution in [3.63, 3.8) is 0 Å². The van der Waals surface area contributed by atoms with Gasteiger partial charge in [0.15, 0.2) is 11.5 Å². The molecule has 0 bridgehead atoms. The van der Waals surface area contributed by atoms with Gasteiger partial charge in [0.1, 0.15) is 11.9 Å². The largest absolute Gasteiger partial charge is 0.493 e. The Balaban J connectivity index is 1.73. The van der Waals surface area contributed by atoms with Crippen LogP contribution in [0, 0.1) is 12.8 Å². The van der Waals surface area contributed by atoms with Crippen molar-refractivity contribution in [2.45, 2.75) is 51.7 Å². The minimum Gasteiger partial charge on any atom is -0.493 e. The van der Waals surface area contributed by atoms with Gasteiger partial charge in [-0.3, -0.25) is 0 Å². The number of nitrogens with one attached hydrogen (secondary N) is 2. The number of aliphatic hydroxyl groups excluding tert-OH is 1. The van der Waals surface area contributed by atoms with E-state index < -0.39 is 6.10 Å². The van der Waals surface area contributed by atoms with E-state index in [9.17, 15) is 5.11 Å². The number of aliphatic hydroxyl groups is 1. The highest BCUT2D eigenvalue weighted by Crippen LogP contribution is 2.34. The van der Waals surface area contributed by atoms with Crippen molar-refractivity contribution in [3.8, 4) is 11.5 Å². The molecule has 3 N–H and O–H groups in total. The molecule has 1 saturated carbocycles. The van der Waals surface area contributed by atoms with Crippen LogP contribution in [0.1, 0.15) is 38.3 Å².